The van der Waals surface area contributed by atoms with Crippen molar-refractivity contribution in [1.82, 2.24) is 20.4 Å². The summed E-state index contributed by atoms with van der Waals surface area (Å²) in [6, 6.07) is 16.1. The Morgan fingerprint density at radius 1 is 1.08 bits per heavy atom. The zero-order chi connectivity index (χ0) is 24.9. The second kappa shape index (κ2) is 11.4. The number of rotatable bonds is 7. The zero-order valence-electron chi connectivity index (χ0n) is 20.8. The Labute approximate surface area is 217 Å². The van der Waals surface area contributed by atoms with Gasteiger partial charge in [0.25, 0.3) is 0 Å². The molecule has 5 rings (SSSR count). The monoisotopic (exact) mass is 507 g/mol. The summed E-state index contributed by atoms with van der Waals surface area (Å²) in [5, 5.41) is 7.82. The van der Waals surface area contributed by atoms with E-state index in [1.807, 2.05) is 24.3 Å². The number of benzene rings is 2. The molecule has 1 unspecified atom stereocenters. The van der Waals surface area contributed by atoms with E-state index >= 15 is 0 Å². The molecular weight excluding hydrogens is 474 g/mol. The molecule has 2 saturated heterocycles. The number of aromatic nitrogens is 2. The largest absolute Gasteiger partial charge is 0.371 e. The van der Waals surface area contributed by atoms with Crippen LogP contribution in [0, 0.1) is 11.8 Å². The zero-order valence-corrected chi connectivity index (χ0v) is 21.6. The Morgan fingerprint density at radius 3 is 2.61 bits per heavy atom. The quantitative estimate of drug-likeness (QED) is 0.476. The van der Waals surface area contributed by atoms with Crippen LogP contribution in [0.1, 0.15) is 44.1 Å². The minimum Gasteiger partial charge on any atom is -0.371 e. The van der Waals surface area contributed by atoms with E-state index in [2.05, 4.69) is 56.4 Å². The Balaban J connectivity index is 1.06. The third-order valence-corrected chi connectivity index (χ3v) is 7.65. The molecule has 1 aromatic heterocycles. The first-order valence-electron chi connectivity index (χ1n) is 13.0. The van der Waals surface area contributed by atoms with Crippen LogP contribution in [-0.4, -0.2) is 47.1 Å². The number of nitrogens with zero attached hydrogens (tertiary/aromatic N) is 4. The molecule has 0 spiro atoms. The third kappa shape index (κ3) is 6.08. The second-order valence-corrected chi connectivity index (χ2v) is 10.5. The number of carbonyl (C=O) groups is 1. The summed E-state index contributed by atoms with van der Waals surface area (Å²) in [5.74, 6) is 2.00. The van der Waals surface area contributed by atoms with Crippen molar-refractivity contribution in [2.75, 3.05) is 31.1 Å². The average molecular weight is 508 g/mol. The predicted octanol–water partition coefficient (Wildman–Crippen LogP) is 5.15. The fraction of sp³-hybridized carbons (Fsp3) is 0.464. The lowest BCUT2D eigenvalue weighted by Gasteiger charge is -2.33. The molecular formula is C28H34ClN5O2. The topological polar surface area (TPSA) is 74.5 Å². The van der Waals surface area contributed by atoms with Gasteiger partial charge in [0.1, 0.15) is 0 Å². The maximum atomic E-state index is 12.8. The van der Waals surface area contributed by atoms with Crippen LogP contribution in [0.5, 0.6) is 0 Å². The molecule has 7 nitrogen and oxygen atoms in total. The summed E-state index contributed by atoms with van der Waals surface area (Å²) >= 11 is 6.24. The summed E-state index contributed by atoms with van der Waals surface area (Å²) in [7, 11) is 0. The molecule has 0 aliphatic carbocycles. The molecule has 190 valence electrons. The van der Waals surface area contributed by atoms with Crippen molar-refractivity contribution in [2.45, 2.75) is 45.7 Å². The maximum absolute atomic E-state index is 12.8. The van der Waals surface area contributed by atoms with Gasteiger partial charge in [-0.25, -0.2) is 0 Å². The first kappa shape index (κ1) is 24.8. The fourth-order valence-corrected chi connectivity index (χ4v) is 5.42. The predicted molar refractivity (Wildman–Crippen MR) is 142 cm³/mol. The Hall–Kier alpha value is -2.90. The highest BCUT2D eigenvalue weighted by Gasteiger charge is 2.26. The number of likely N-dealkylation sites (tertiary alicyclic amines) is 1. The molecule has 36 heavy (non-hydrogen) atoms. The van der Waals surface area contributed by atoms with Gasteiger partial charge in [-0.3, -0.25) is 9.69 Å². The van der Waals surface area contributed by atoms with Crippen LogP contribution < -0.4 is 10.2 Å². The number of amides is 1. The first-order valence-corrected chi connectivity index (χ1v) is 13.3. The van der Waals surface area contributed by atoms with Gasteiger partial charge < -0.3 is 14.7 Å². The van der Waals surface area contributed by atoms with Gasteiger partial charge in [-0.1, -0.05) is 47.9 Å². The van der Waals surface area contributed by atoms with Crippen molar-refractivity contribution in [3.05, 3.63) is 65.0 Å². The van der Waals surface area contributed by atoms with E-state index in [1.165, 1.54) is 18.5 Å². The molecule has 8 heteroatoms. The fourth-order valence-electron chi connectivity index (χ4n) is 5.20. The van der Waals surface area contributed by atoms with Crippen LogP contribution in [0.25, 0.3) is 11.4 Å². The van der Waals surface area contributed by atoms with Gasteiger partial charge in [0, 0.05) is 36.8 Å². The standard InChI is InChI=1S/C28H34ClN5O2/c1-20-5-4-14-34(18-20)23-10-8-21(9-11-23)17-30-28(35)22-12-15-33(16-13-22)19-26-31-27(32-36-26)24-6-2-3-7-25(24)29/h2-3,6-11,20,22H,4-5,12-19H2,1H3,(H,30,35). The van der Waals surface area contributed by atoms with Crippen molar-refractivity contribution >= 4 is 23.2 Å². The van der Waals surface area contributed by atoms with Gasteiger partial charge in [0.15, 0.2) is 0 Å². The van der Waals surface area contributed by atoms with Crippen molar-refractivity contribution < 1.29 is 9.32 Å². The Kier molecular flexibility index (Phi) is 7.87. The molecule has 2 aliphatic heterocycles. The second-order valence-electron chi connectivity index (χ2n) is 10.1. The minimum absolute atomic E-state index is 0.0386. The van der Waals surface area contributed by atoms with Crippen molar-refractivity contribution in [3.63, 3.8) is 0 Å². The summed E-state index contributed by atoms with van der Waals surface area (Å²) in [6.07, 6.45) is 4.23. The van der Waals surface area contributed by atoms with Gasteiger partial charge in [-0.15, -0.1) is 0 Å². The molecule has 2 fully saturated rings. The van der Waals surface area contributed by atoms with Crippen LogP contribution in [0.2, 0.25) is 5.02 Å². The van der Waals surface area contributed by atoms with Crippen LogP contribution in [0.4, 0.5) is 5.69 Å². The van der Waals surface area contributed by atoms with Crippen molar-refractivity contribution in [3.8, 4) is 11.4 Å². The van der Waals surface area contributed by atoms with E-state index < -0.39 is 0 Å². The first-order chi connectivity index (χ1) is 17.5. The minimum atomic E-state index is 0.0386. The molecule has 1 N–H and O–H groups in total. The number of anilines is 1. The van der Waals surface area contributed by atoms with E-state index in [1.54, 1.807) is 0 Å². The number of halogens is 1. The Morgan fingerprint density at radius 2 is 1.86 bits per heavy atom. The van der Waals surface area contributed by atoms with E-state index in [4.69, 9.17) is 16.1 Å². The molecule has 2 aromatic carbocycles. The van der Waals surface area contributed by atoms with Crippen molar-refractivity contribution in [2.24, 2.45) is 11.8 Å². The maximum Gasteiger partial charge on any atom is 0.241 e. The van der Waals surface area contributed by atoms with Crippen molar-refractivity contribution in [1.29, 1.82) is 0 Å². The van der Waals surface area contributed by atoms with Crippen LogP contribution in [0.3, 0.4) is 0 Å². The number of piperidine rings is 2. The lowest BCUT2D eigenvalue weighted by molar-refractivity contribution is -0.126. The van der Waals surface area contributed by atoms with Gasteiger partial charge in [-0.05, 0) is 74.5 Å². The SMILES string of the molecule is CC1CCCN(c2ccc(CNC(=O)C3CCN(Cc4nc(-c5ccccc5Cl)no4)CC3)cc2)C1. The molecule has 0 saturated carbocycles. The molecule has 0 bridgehead atoms. The summed E-state index contributed by atoms with van der Waals surface area (Å²) in [6.45, 7) is 7.38. The normalized spacial score (nSPS) is 19.4. The van der Waals surface area contributed by atoms with Crippen LogP contribution >= 0.6 is 11.6 Å². The highest BCUT2D eigenvalue weighted by atomic mass is 35.5. The Bertz CT molecular complexity index is 1160. The smallest absolute Gasteiger partial charge is 0.241 e. The number of carbonyl (C=O) groups excluding carboxylic acids is 1. The van der Waals surface area contributed by atoms with E-state index in [0.29, 0.717) is 29.8 Å². The van der Waals surface area contributed by atoms with E-state index in [-0.39, 0.29) is 11.8 Å². The molecule has 1 atom stereocenters. The number of hydrogen-bond acceptors (Lipinski definition) is 6. The lowest BCUT2D eigenvalue weighted by Crippen LogP contribution is -2.40. The number of nitrogens with one attached hydrogen (secondary N) is 1. The average Bonchev–Trinajstić information content (AvgIpc) is 3.36. The molecule has 2 aliphatic rings. The summed E-state index contributed by atoms with van der Waals surface area (Å²) < 4.78 is 5.45. The van der Waals surface area contributed by atoms with E-state index in [9.17, 15) is 4.79 Å². The van der Waals surface area contributed by atoms with Gasteiger partial charge in [-0.2, -0.15) is 4.98 Å². The highest BCUT2D eigenvalue weighted by Crippen LogP contribution is 2.26. The number of hydrogen-bond donors (Lipinski definition) is 1. The summed E-state index contributed by atoms with van der Waals surface area (Å²) in [4.78, 5) is 22.0. The highest BCUT2D eigenvalue weighted by molar-refractivity contribution is 6.33. The van der Waals surface area contributed by atoms with Crippen LogP contribution in [-0.2, 0) is 17.9 Å². The molecule has 0 radical (unpaired) electrons. The van der Waals surface area contributed by atoms with Gasteiger partial charge >= 0.3 is 0 Å². The van der Waals surface area contributed by atoms with Gasteiger partial charge in [0.2, 0.25) is 17.6 Å². The van der Waals surface area contributed by atoms with Crippen LogP contribution in [0.15, 0.2) is 53.1 Å². The lowest BCUT2D eigenvalue weighted by atomic mass is 9.96. The molecule has 3 heterocycles. The molecule has 3 aromatic rings. The van der Waals surface area contributed by atoms with E-state index in [0.717, 1.165) is 56.1 Å². The molecule has 1 amide bonds. The summed E-state index contributed by atoms with van der Waals surface area (Å²) in [5.41, 5.74) is 3.19. The van der Waals surface area contributed by atoms with Gasteiger partial charge in [0.05, 0.1) is 11.6 Å². The third-order valence-electron chi connectivity index (χ3n) is 7.33.